The van der Waals surface area contributed by atoms with Gasteiger partial charge in [0.25, 0.3) is 5.91 Å². The van der Waals surface area contributed by atoms with Crippen molar-refractivity contribution >= 4 is 17.5 Å². The molecule has 1 aliphatic heterocycles. The van der Waals surface area contributed by atoms with Crippen molar-refractivity contribution < 1.29 is 14.3 Å². The van der Waals surface area contributed by atoms with Crippen molar-refractivity contribution in [1.82, 2.24) is 4.90 Å². The van der Waals surface area contributed by atoms with Gasteiger partial charge in [0.05, 0.1) is 7.11 Å². The molecule has 0 aliphatic carbocycles. The van der Waals surface area contributed by atoms with Crippen molar-refractivity contribution in [3.63, 3.8) is 0 Å². The first-order chi connectivity index (χ1) is 12.0. The lowest BCUT2D eigenvalue weighted by molar-refractivity contribution is -0.124. The molecule has 0 N–H and O–H groups in total. The quantitative estimate of drug-likeness (QED) is 0.865. The number of piperazine rings is 1. The van der Waals surface area contributed by atoms with Crippen LogP contribution in [0.5, 0.6) is 5.75 Å². The van der Waals surface area contributed by atoms with Gasteiger partial charge >= 0.3 is 0 Å². The van der Waals surface area contributed by atoms with Gasteiger partial charge in [0, 0.05) is 30.4 Å². The van der Waals surface area contributed by atoms with E-state index in [1.54, 1.807) is 23.8 Å². The van der Waals surface area contributed by atoms with E-state index in [0.717, 1.165) is 11.3 Å². The van der Waals surface area contributed by atoms with E-state index in [1.807, 2.05) is 55.5 Å². The normalized spacial score (nSPS) is 17.6. The van der Waals surface area contributed by atoms with E-state index < -0.39 is 6.04 Å². The molecule has 2 amide bonds. The van der Waals surface area contributed by atoms with Crippen LogP contribution >= 0.6 is 0 Å². The Bertz CT molecular complexity index is 803. The van der Waals surface area contributed by atoms with Crippen molar-refractivity contribution in [2.45, 2.75) is 19.9 Å². The second-order valence-corrected chi connectivity index (χ2v) is 6.18. The third kappa shape index (κ3) is 3.22. The lowest BCUT2D eigenvalue weighted by Crippen LogP contribution is -2.57. The fourth-order valence-corrected chi connectivity index (χ4v) is 3.15. The Labute approximate surface area is 147 Å². The Balaban J connectivity index is 1.82. The summed E-state index contributed by atoms with van der Waals surface area (Å²) in [6.45, 7) is 4.66. The van der Waals surface area contributed by atoms with E-state index in [4.69, 9.17) is 4.74 Å². The predicted molar refractivity (Wildman–Crippen MR) is 97.0 cm³/mol. The molecule has 1 fully saturated rings. The first-order valence-electron chi connectivity index (χ1n) is 8.35. The van der Waals surface area contributed by atoms with E-state index >= 15 is 0 Å². The Morgan fingerprint density at radius 1 is 1.12 bits per heavy atom. The smallest absolute Gasteiger partial charge is 0.254 e. The predicted octanol–water partition coefficient (Wildman–Crippen LogP) is 2.88. The summed E-state index contributed by atoms with van der Waals surface area (Å²) in [7, 11) is 1.60. The third-order valence-corrected chi connectivity index (χ3v) is 4.66. The second-order valence-electron chi connectivity index (χ2n) is 6.18. The van der Waals surface area contributed by atoms with Crippen LogP contribution in [-0.2, 0) is 4.79 Å². The number of ether oxygens (including phenoxy) is 1. The molecule has 0 saturated carbocycles. The number of rotatable bonds is 3. The lowest BCUT2D eigenvalue weighted by atomic mass is 10.0. The fraction of sp³-hybridized carbons (Fsp3) is 0.300. The summed E-state index contributed by atoms with van der Waals surface area (Å²) < 4.78 is 5.24. The molecule has 1 aliphatic rings. The van der Waals surface area contributed by atoms with Crippen LogP contribution in [0.25, 0.3) is 0 Å². The molecule has 1 atom stereocenters. The zero-order valence-electron chi connectivity index (χ0n) is 14.7. The molecular formula is C20H22N2O3. The summed E-state index contributed by atoms with van der Waals surface area (Å²) >= 11 is 0. The van der Waals surface area contributed by atoms with E-state index in [2.05, 4.69) is 0 Å². The van der Waals surface area contributed by atoms with E-state index in [0.29, 0.717) is 24.4 Å². The Hall–Kier alpha value is -2.82. The number of carbonyl (C=O) groups excluding carboxylic acids is 2. The van der Waals surface area contributed by atoms with Gasteiger partial charge in [0.1, 0.15) is 11.8 Å². The number of hydrogen-bond acceptors (Lipinski definition) is 3. The van der Waals surface area contributed by atoms with Gasteiger partial charge in [-0.2, -0.15) is 0 Å². The average Bonchev–Trinajstić information content (AvgIpc) is 2.64. The highest BCUT2D eigenvalue weighted by molar-refractivity contribution is 6.04. The van der Waals surface area contributed by atoms with E-state index in [9.17, 15) is 9.59 Å². The van der Waals surface area contributed by atoms with Crippen LogP contribution in [0.15, 0.2) is 48.5 Å². The van der Waals surface area contributed by atoms with Gasteiger partial charge in [-0.3, -0.25) is 9.59 Å². The molecule has 5 heteroatoms. The van der Waals surface area contributed by atoms with Gasteiger partial charge in [-0.1, -0.05) is 24.3 Å². The maximum atomic E-state index is 12.9. The van der Waals surface area contributed by atoms with Crippen molar-refractivity contribution in [2.24, 2.45) is 0 Å². The minimum absolute atomic E-state index is 0.0820. The van der Waals surface area contributed by atoms with Crippen LogP contribution in [0, 0.1) is 6.92 Å². The van der Waals surface area contributed by atoms with Crippen molar-refractivity contribution in [2.75, 3.05) is 25.1 Å². The van der Waals surface area contributed by atoms with Crippen molar-refractivity contribution in [3.8, 4) is 5.75 Å². The largest absolute Gasteiger partial charge is 0.497 e. The number of hydrogen-bond donors (Lipinski definition) is 0. The van der Waals surface area contributed by atoms with Gasteiger partial charge in [-0.15, -0.1) is 0 Å². The number of anilines is 1. The molecule has 0 bridgehead atoms. The third-order valence-electron chi connectivity index (χ3n) is 4.66. The minimum Gasteiger partial charge on any atom is -0.497 e. The first kappa shape index (κ1) is 17.0. The second kappa shape index (κ2) is 6.97. The SMILES string of the molecule is COc1cccc(N2CCN(C(=O)c3ccccc3C)[C@@H](C)C2=O)c1. The number of amides is 2. The molecule has 1 saturated heterocycles. The number of benzene rings is 2. The molecule has 0 unspecified atom stereocenters. The molecule has 3 rings (SSSR count). The summed E-state index contributed by atoms with van der Waals surface area (Å²) in [4.78, 5) is 29.1. The maximum absolute atomic E-state index is 12.9. The Kier molecular flexibility index (Phi) is 4.74. The van der Waals surface area contributed by atoms with Crippen LogP contribution < -0.4 is 9.64 Å². The Morgan fingerprint density at radius 3 is 2.60 bits per heavy atom. The topological polar surface area (TPSA) is 49.9 Å². The Morgan fingerprint density at radius 2 is 1.88 bits per heavy atom. The van der Waals surface area contributed by atoms with E-state index in [1.165, 1.54) is 0 Å². The maximum Gasteiger partial charge on any atom is 0.254 e. The number of carbonyl (C=O) groups is 2. The van der Waals surface area contributed by atoms with E-state index in [-0.39, 0.29) is 11.8 Å². The van der Waals surface area contributed by atoms with Crippen LogP contribution in [0.3, 0.4) is 0 Å². The standard InChI is InChI=1S/C20H22N2O3/c1-14-7-4-5-10-18(14)20(24)21-11-12-22(19(23)15(21)2)16-8-6-9-17(13-16)25-3/h4-10,13,15H,11-12H2,1-3H3/t15-/m0/s1. The number of nitrogens with zero attached hydrogens (tertiary/aromatic N) is 2. The molecular weight excluding hydrogens is 316 g/mol. The van der Waals surface area contributed by atoms with Crippen molar-refractivity contribution in [3.05, 3.63) is 59.7 Å². The minimum atomic E-state index is -0.507. The van der Waals surface area contributed by atoms with Gasteiger partial charge in [-0.05, 0) is 37.6 Å². The zero-order valence-corrected chi connectivity index (χ0v) is 14.7. The number of methoxy groups -OCH3 is 1. The van der Waals surface area contributed by atoms with Crippen LogP contribution in [-0.4, -0.2) is 43.0 Å². The van der Waals surface area contributed by atoms with Gasteiger partial charge in [-0.25, -0.2) is 0 Å². The summed E-state index contributed by atoms with van der Waals surface area (Å²) in [5, 5.41) is 0. The molecule has 130 valence electrons. The van der Waals surface area contributed by atoms with Gasteiger partial charge in [0.2, 0.25) is 5.91 Å². The molecule has 0 aromatic heterocycles. The van der Waals surface area contributed by atoms with Gasteiger partial charge in [0.15, 0.2) is 0 Å². The first-order valence-corrected chi connectivity index (χ1v) is 8.35. The molecule has 0 radical (unpaired) electrons. The molecule has 5 nitrogen and oxygen atoms in total. The fourth-order valence-electron chi connectivity index (χ4n) is 3.15. The summed E-state index contributed by atoms with van der Waals surface area (Å²) in [6, 6.07) is 14.4. The average molecular weight is 338 g/mol. The van der Waals surface area contributed by atoms with Crippen molar-refractivity contribution in [1.29, 1.82) is 0 Å². The molecule has 2 aromatic rings. The van der Waals surface area contributed by atoms with Gasteiger partial charge < -0.3 is 14.5 Å². The summed E-state index contributed by atoms with van der Waals surface area (Å²) in [5.74, 6) is 0.530. The lowest BCUT2D eigenvalue weighted by Gasteiger charge is -2.39. The monoisotopic (exact) mass is 338 g/mol. The highest BCUT2D eigenvalue weighted by Gasteiger charge is 2.35. The molecule has 1 heterocycles. The molecule has 0 spiro atoms. The van der Waals surface area contributed by atoms with Crippen LogP contribution in [0.2, 0.25) is 0 Å². The summed E-state index contributed by atoms with van der Waals surface area (Å²) in [6.07, 6.45) is 0. The summed E-state index contributed by atoms with van der Waals surface area (Å²) in [5.41, 5.74) is 2.36. The highest BCUT2D eigenvalue weighted by atomic mass is 16.5. The molecule has 2 aromatic carbocycles. The number of aryl methyl sites for hydroxylation is 1. The molecule has 25 heavy (non-hydrogen) atoms. The highest BCUT2D eigenvalue weighted by Crippen LogP contribution is 2.25. The zero-order chi connectivity index (χ0) is 18.0. The van der Waals surface area contributed by atoms with Crippen LogP contribution in [0.4, 0.5) is 5.69 Å². The van der Waals surface area contributed by atoms with Crippen LogP contribution in [0.1, 0.15) is 22.8 Å².